The number of morpholine rings is 1. The Balaban J connectivity index is 0.000000126. The van der Waals surface area contributed by atoms with E-state index in [9.17, 15) is 0 Å². The van der Waals surface area contributed by atoms with Crippen molar-refractivity contribution in [2.24, 2.45) is 0 Å². The molecular formula is C27H20Br2Cl4N10OS3. The highest BCUT2D eigenvalue weighted by Gasteiger charge is 2.16. The largest absolute Gasteiger partial charge is 0.397 e. The Hall–Kier alpha value is -2.25. The van der Waals surface area contributed by atoms with E-state index in [0.717, 1.165) is 66.4 Å². The highest BCUT2D eigenvalue weighted by atomic mass is 79.9. The number of rotatable bonds is 1. The molecule has 0 amide bonds. The fourth-order valence-corrected chi connectivity index (χ4v) is 7.85. The van der Waals surface area contributed by atoms with Crippen LogP contribution in [-0.4, -0.2) is 61.2 Å². The van der Waals surface area contributed by atoms with Crippen molar-refractivity contribution in [2.45, 2.75) is 0 Å². The van der Waals surface area contributed by atoms with E-state index >= 15 is 0 Å². The van der Waals surface area contributed by atoms with Gasteiger partial charge in [0.15, 0.2) is 14.2 Å². The molecule has 11 nitrogen and oxygen atoms in total. The third-order valence-electron chi connectivity index (χ3n) is 5.77. The van der Waals surface area contributed by atoms with E-state index in [-0.39, 0.29) is 0 Å². The van der Waals surface area contributed by atoms with Crippen molar-refractivity contribution in [3.8, 4) is 0 Å². The maximum atomic E-state index is 5.85. The van der Waals surface area contributed by atoms with Crippen LogP contribution >= 0.6 is 112 Å². The van der Waals surface area contributed by atoms with Crippen LogP contribution in [0.25, 0.3) is 31.0 Å². The van der Waals surface area contributed by atoms with Crippen LogP contribution in [0.4, 0.5) is 16.0 Å². The van der Waals surface area contributed by atoms with Crippen LogP contribution in [0, 0.1) is 0 Å². The smallest absolute Gasteiger partial charge is 0.188 e. The van der Waals surface area contributed by atoms with Crippen LogP contribution in [0.5, 0.6) is 0 Å². The van der Waals surface area contributed by atoms with Gasteiger partial charge in [0.2, 0.25) is 0 Å². The van der Waals surface area contributed by atoms with Gasteiger partial charge in [-0.2, -0.15) is 0 Å². The summed E-state index contributed by atoms with van der Waals surface area (Å²) in [6.45, 7) is 3.33. The monoisotopic (exact) mass is 894 g/mol. The fourth-order valence-electron chi connectivity index (χ4n) is 3.68. The van der Waals surface area contributed by atoms with Crippen LogP contribution in [0.15, 0.2) is 57.1 Å². The van der Waals surface area contributed by atoms with E-state index in [2.05, 4.69) is 71.6 Å². The molecule has 7 aromatic rings. The number of nitrogens with zero attached hydrogens (tertiary/aromatic N) is 8. The van der Waals surface area contributed by atoms with Gasteiger partial charge in [-0.3, -0.25) is 0 Å². The standard InChI is InChI=1S/C10H10ClN3OS.C6H2BrClN2S.C6H4ClN3S.C5H4BrClN2/c11-8-2-1-7-9(13-8)16-10(12-7)14-3-5-15-6-4-14;7-6-9-3-1-2-4(8)10-5(3)11-6;7-4-2-1-3-5(10-4)11-6(8)9-3;6-5-3(8)1-2-4(7)9-5/h1-2H,3-6H2;1-2H;1-2H,(H2,8,9);1-2H,8H2. The van der Waals surface area contributed by atoms with Gasteiger partial charge in [0.05, 0.1) is 18.9 Å². The lowest BCUT2D eigenvalue weighted by Gasteiger charge is -2.25. The van der Waals surface area contributed by atoms with Gasteiger partial charge in [-0.15, -0.1) is 0 Å². The van der Waals surface area contributed by atoms with Crippen molar-refractivity contribution in [3.63, 3.8) is 0 Å². The summed E-state index contributed by atoms with van der Waals surface area (Å²) in [5.41, 5.74) is 14.1. The molecule has 0 radical (unpaired) electrons. The molecule has 1 fully saturated rings. The Morgan fingerprint density at radius 1 is 0.596 bits per heavy atom. The van der Waals surface area contributed by atoms with Gasteiger partial charge in [0.1, 0.15) is 56.3 Å². The first kappa shape index (κ1) is 36.0. The molecule has 244 valence electrons. The van der Waals surface area contributed by atoms with Crippen LogP contribution in [-0.2, 0) is 4.74 Å². The zero-order valence-corrected chi connectivity index (χ0v) is 32.2. The van der Waals surface area contributed by atoms with Crippen LogP contribution in [0.3, 0.4) is 0 Å². The molecule has 0 aliphatic carbocycles. The van der Waals surface area contributed by atoms with E-state index in [4.69, 9.17) is 62.6 Å². The number of nitrogen functional groups attached to an aromatic ring is 2. The summed E-state index contributed by atoms with van der Waals surface area (Å²) in [4.78, 5) is 33.7. The number of aromatic nitrogens is 7. The highest BCUT2D eigenvalue weighted by molar-refractivity contribution is 9.11. The molecule has 0 spiro atoms. The van der Waals surface area contributed by atoms with Gasteiger partial charge in [0, 0.05) is 13.1 Å². The lowest BCUT2D eigenvalue weighted by molar-refractivity contribution is 0.122. The van der Waals surface area contributed by atoms with Crippen molar-refractivity contribution in [2.75, 3.05) is 42.7 Å². The van der Waals surface area contributed by atoms with E-state index in [0.29, 0.717) is 36.0 Å². The Bertz CT molecular complexity index is 2050. The van der Waals surface area contributed by atoms with Crippen LogP contribution in [0.1, 0.15) is 0 Å². The lowest BCUT2D eigenvalue weighted by atomic mass is 10.4. The number of anilines is 3. The van der Waals surface area contributed by atoms with Crippen molar-refractivity contribution in [3.05, 3.63) is 77.7 Å². The first-order chi connectivity index (χ1) is 22.5. The predicted molar refractivity (Wildman–Crippen MR) is 204 cm³/mol. The Morgan fingerprint density at radius 2 is 1.09 bits per heavy atom. The summed E-state index contributed by atoms with van der Waals surface area (Å²) in [5, 5.41) is 3.47. The summed E-state index contributed by atoms with van der Waals surface area (Å²) in [6.07, 6.45) is 0. The molecule has 1 aliphatic rings. The molecule has 8 rings (SSSR count). The zero-order valence-electron chi connectivity index (χ0n) is 23.6. The minimum absolute atomic E-state index is 0.441. The SMILES string of the molecule is Clc1ccc2nc(Br)sc2n1.Clc1ccc2nc(N3CCOCC3)sc2n1.Nc1ccc(Cl)nc1Br.Nc1nc2ccc(Cl)nc2s1. The third kappa shape index (κ3) is 10.4. The van der Waals surface area contributed by atoms with E-state index in [1.165, 1.54) is 22.7 Å². The number of halogens is 6. The van der Waals surface area contributed by atoms with Crippen molar-refractivity contribution in [1.82, 2.24) is 34.9 Å². The second-order valence-corrected chi connectivity index (χ2v) is 15.5. The first-order valence-electron chi connectivity index (χ1n) is 13.1. The fraction of sp³-hybridized carbons (Fsp3) is 0.148. The minimum atomic E-state index is 0.441. The lowest BCUT2D eigenvalue weighted by Crippen LogP contribution is -2.36. The molecule has 47 heavy (non-hydrogen) atoms. The van der Waals surface area contributed by atoms with Gasteiger partial charge in [0.25, 0.3) is 0 Å². The number of hydrogen-bond acceptors (Lipinski definition) is 14. The van der Waals surface area contributed by atoms with E-state index in [1.54, 1.807) is 47.7 Å². The molecule has 0 atom stereocenters. The number of hydrogen-bond donors (Lipinski definition) is 2. The van der Waals surface area contributed by atoms with E-state index in [1.807, 2.05) is 12.1 Å². The van der Waals surface area contributed by atoms with E-state index < -0.39 is 0 Å². The van der Waals surface area contributed by atoms with Gasteiger partial charge < -0.3 is 21.1 Å². The average molecular weight is 898 g/mol. The molecule has 0 unspecified atom stereocenters. The van der Waals surface area contributed by atoms with Gasteiger partial charge in [-0.05, 0) is 80.4 Å². The normalized spacial score (nSPS) is 12.6. The Labute approximate surface area is 316 Å². The Morgan fingerprint density at radius 3 is 1.66 bits per heavy atom. The molecule has 7 aromatic heterocycles. The summed E-state index contributed by atoms with van der Waals surface area (Å²) in [6, 6.07) is 14.1. The summed E-state index contributed by atoms with van der Waals surface area (Å²) >= 11 is 33.5. The topological polar surface area (TPSA) is 155 Å². The van der Waals surface area contributed by atoms with Gasteiger partial charge in [-0.25, -0.2) is 34.9 Å². The van der Waals surface area contributed by atoms with Crippen molar-refractivity contribution < 1.29 is 4.74 Å². The van der Waals surface area contributed by atoms with Crippen LogP contribution in [0.2, 0.25) is 20.6 Å². The second-order valence-electron chi connectivity index (χ2n) is 9.00. The molecule has 8 heterocycles. The molecule has 0 saturated carbocycles. The number of thiazole rings is 3. The summed E-state index contributed by atoms with van der Waals surface area (Å²) in [7, 11) is 0. The van der Waals surface area contributed by atoms with Gasteiger partial charge in [-0.1, -0.05) is 80.4 Å². The van der Waals surface area contributed by atoms with Crippen molar-refractivity contribution in [1.29, 1.82) is 0 Å². The molecular weight excluding hydrogens is 878 g/mol. The number of fused-ring (bicyclic) bond motifs is 3. The van der Waals surface area contributed by atoms with Crippen molar-refractivity contribution >= 4 is 159 Å². The number of nitrogens with two attached hydrogens (primary N) is 2. The second kappa shape index (κ2) is 16.9. The zero-order chi connectivity index (χ0) is 33.5. The first-order valence-corrected chi connectivity index (χ1v) is 18.7. The Kier molecular flexibility index (Phi) is 13.0. The molecule has 0 bridgehead atoms. The molecule has 4 N–H and O–H groups in total. The predicted octanol–water partition coefficient (Wildman–Crippen LogP) is 9.30. The molecule has 1 aliphatic heterocycles. The number of pyridine rings is 4. The molecule has 0 aromatic carbocycles. The number of ether oxygens (including phenoxy) is 1. The maximum Gasteiger partial charge on any atom is 0.188 e. The molecule has 1 saturated heterocycles. The van der Waals surface area contributed by atoms with Gasteiger partial charge >= 0.3 is 0 Å². The van der Waals surface area contributed by atoms with Crippen LogP contribution < -0.4 is 16.4 Å². The molecule has 20 heteroatoms. The summed E-state index contributed by atoms with van der Waals surface area (Å²) < 4.78 is 6.74. The third-order valence-corrected chi connectivity index (χ3v) is 10.5. The average Bonchev–Trinajstić information content (AvgIpc) is 3.74. The maximum absolute atomic E-state index is 5.85. The quantitative estimate of drug-likeness (QED) is 0.152. The summed E-state index contributed by atoms with van der Waals surface area (Å²) in [5.74, 6) is 0. The highest BCUT2D eigenvalue weighted by Crippen LogP contribution is 2.29. The minimum Gasteiger partial charge on any atom is -0.397 e.